The summed E-state index contributed by atoms with van der Waals surface area (Å²) < 4.78 is 0. The molecule has 0 aromatic rings. The topological polar surface area (TPSA) is 29.1 Å². The van der Waals surface area contributed by atoms with Crippen LogP contribution in [0.25, 0.3) is 0 Å². The highest BCUT2D eigenvalue weighted by Crippen LogP contribution is 2.19. The van der Waals surface area contributed by atoms with Gasteiger partial charge in [0.25, 0.3) is 0 Å². The highest BCUT2D eigenvalue weighted by atomic mass is 32.1. The van der Waals surface area contributed by atoms with E-state index in [0.29, 0.717) is 12.2 Å². The molecular formula is C11H19NOS. The third-order valence-corrected chi connectivity index (χ3v) is 2.72. The van der Waals surface area contributed by atoms with Gasteiger partial charge in [0.2, 0.25) is 5.91 Å². The number of thiol groups is 1. The van der Waals surface area contributed by atoms with Gasteiger partial charge in [0.15, 0.2) is 0 Å². The van der Waals surface area contributed by atoms with Gasteiger partial charge in [-0.1, -0.05) is 11.6 Å². The van der Waals surface area contributed by atoms with Crippen LogP contribution in [0, 0.1) is 0 Å². The first kappa shape index (κ1) is 11.6. The lowest BCUT2D eigenvalue weighted by Crippen LogP contribution is -2.24. The Labute approximate surface area is 91.6 Å². The van der Waals surface area contributed by atoms with E-state index in [-0.39, 0.29) is 5.91 Å². The van der Waals surface area contributed by atoms with Gasteiger partial charge in [-0.05, 0) is 37.9 Å². The van der Waals surface area contributed by atoms with E-state index in [1.54, 1.807) is 0 Å². The van der Waals surface area contributed by atoms with Crippen molar-refractivity contribution in [2.45, 2.75) is 38.5 Å². The van der Waals surface area contributed by atoms with Gasteiger partial charge < -0.3 is 5.32 Å². The molecule has 1 amide bonds. The van der Waals surface area contributed by atoms with Gasteiger partial charge in [0.05, 0.1) is 0 Å². The molecule has 80 valence electrons. The fraction of sp³-hybridized carbons (Fsp3) is 0.727. The zero-order chi connectivity index (χ0) is 10.2. The largest absolute Gasteiger partial charge is 0.356 e. The van der Waals surface area contributed by atoms with E-state index >= 15 is 0 Å². The fourth-order valence-corrected chi connectivity index (χ4v) is 1.89. The molecule has 0 heterocycles. The average molecular weight is 213 g/mol. The fourth-order valence-electron chi connectivity index (χ4n) is 1.68. The quantitative estimate of drug-likeness (QED) is 0.532. The molecule has 0 aromatic heterocycles. The van der Waals surface area contributed by atoms with Crippen LogP contribution in [0.5, 0.6) is 0 Å². The van der Waals surface area contributed by atoms with Crippen LogP contribution < -0.4 is 5.32 Å². The Morgan fingerprint density at radius 2 is 2.36 bits per heavy atom. The van der Waals surface area contributed by atoms with Crippen molar-refractivity contribution in [3.05, 3.63) is 11.6 Å². The van der Waals surface area contributed by atoms with Crippen molar-refractivity contribution >= 4 is 18.5 Å². The van der Waals surface area contributed by atoms with Crippen molar-refractivity contribution in [1.29, 1.82) is 0 Å². The summed E-state index contributed by atoms with van der Waals surface area (Å²) in [5.74, 6) is 0.755. The molecule has 1 rings (SSSR count). The third-order valence-electron chi connectivity index (χ3n) is 2.49. The molecule has 0 aromatic carbocycles. The Hall–Kier alpha value is -0.440. The van der Waals surface area contributed by atoms with Gasteiger partial charge in [-0.2, -0.15) is 12.6 Å². The van der Waals surface area contributed by atoms with Gasteiger partial charge >= 0.3 is 0 Å². The number of rotatable bonds is 5. The minimum Gasteiger partial charge on any atom is -0.356 e. The third kappa shape index (κ3) is 4.70. The molecule has 0 saturated heterocycles. The second-order valence-corrected chi connectivity index (χ2v) is 4.13. The predicted octanol–water partition coefficient (Wildman–Crippen LogP) is 2.31. The van der Waals surface area contributed by atoms with Crippen LogP contribution in [0.4, 0.5) is 0 Å². The first-order valence-electron chi connectivity index (χ1n) is 5.38. The van der Waals surface area contributed by atoms with Gasteiger partial charge in [-0.25, -0.2) is 0 Å². The lowest BCUT2D eigenvalue weighted by atomic mass is 9.97. The lowest BCUT2D eigenvalue weighted by molar-refractivity contribution is -0.120. The second-order valence-electron chi connectivity index (χ2n) is 3.68. The molecule has 0 atom stereocenters. The average Bonchev–Trinajstić information content (AvgIpc) is 2.20. The maximum atomic E-state index is 11.1. The van der Waals surface area contributed by atoms with Gasteiger partial charge in [-0.15, -0.1) is 0 Å². The number of amides is 1. The Kier molecular flexibility index (Phi) is 5.76. The SMILES string of the molecule is O=C(CCS)NCCC1=CCCCC1. The molecule has 0 spiro atoms. The van der Waals surface area contributed by atoms with Crippen LogP contribution in [-0.4, -0.2) is 18.2 Å². The number of hydrogen-bond donors (Lipinski definition) is 2. The summed E-state index contributed by atoms with van der Waals surface area (Å²) >= 11 is 4.01. The Morgan fingerprint density at radius 3 is 3.00 bits per heavy atom. The van der Waals surface area contributed by atoms with Crippen molar-refractivity contribution in [2.24, 2.45) is 0 Å². The summed E-state index contributed by atoms with van der Waals surface area (Å²) in [4.78, 5) is 11.1. The molecule has 0 radical (unpaired) electrons. The summed E-state index contributed by atoms with van der Waals surface area (Å²) in [6.45, 7) is 0.790. The Balaban J connectivity index is 2.08. The van der Waals surface area contributed by atoms with Crippen LogP contribution in [0.1, 0.15) is 38.5 Å². The van der Waals surface area contributed by atoms with Crippen molar-refractivity contribution in [3.8, 4) is 0 Å². The molecule has 0 saturated carbocycles. The standard InChI is InChI=1S/C11H19NOS/c13-11(7-9-14)12-8-6-10-4-2-1-3-5-10/h4,14H,1-3,5-9H2,(H,12,13). The lowest BCUT2D eigenvalue weighted by Gasteiger charge is -2.12. The zero-order valence-corrected chi connectivity index (χ0v) is 9.48. The maximum Gasteiger partial charge on any atom is 0.220 e. The molecule has 0 aliphatic heterocycles. The molecule has 1 aliphatic rings. The van der Waals surface area contributed by atoms with E-state index in [4.69, 9.17) is 0 Å². The van der Waals surface area contributed by atoms with Crippen LogP contribution >= 0.6 is 12.6 Å². The number of allylic oxidation sites excluding steroid dienone is 1. The molecule has 0 unspecified atom stereocenters. The highest BCUT2D eigenvalue weighted by molar-refractivity contribution is 7.80. The monoisotopic (exact) mass is 213 g/mol. The van der Waals surface area contributed by atoms with Crippen molar-refractivity contribution in [2.75, 3.05) is 12.3 Å². The summed E-state index contributed by atoms with van der Waals surface area (Å²) in [7, 11) is 0. The van der Waals surface area contributed by atoms with Crippen LogP contribution in [-0.2, 0) is 4.79 Å². The molecule has 14 heavy (non-hydrogen) atoms. The van der Waals surface area contributed by atoms with E-state index in [1.807, 2.05) is 0 Å². The molecule has 2 nitrogen and oxygen atoms in total. The summed E-state index contributed by atoms with van der Waals surface area (Å²) in [5, 5.41) is 2.90. The van der Waals surface area contributed by atoms with E-state index in [0.717, 1.165) is 13.0 Å². The van der Waals surface area contributed by atoms with Crippen LogP contribution in [0.2, 0.25) is 0 Å². The van der Waals surface area contributed by atoms with Crippen molar-refractivity contribution in [1.82, 2.24) is 5.32 Å². The van der Waals surface area contributed by atoms with Gasteiger partial charge in [0.1, 0.15) is 0 Å². The van der Waals surface area contributed by atoms with Crippen molar-refractivity contribution in [3.63, 3.8) is 0 Å². The first-order valence-corrected chi connectivity index (χ1v) is 6.01. The van der Waals surface area contributed by atoms with Crippen LogP contribution in [0.15, 0.2) is 11.6 Å². The number of carbonyl (C=O) groups excluding carboxylic acids is 1. The molecule has 0 fully saturated rings. The molecule has 1 aliphatic carbocycles. The molecular weight excluding hydrogens is 194 g/mol. The van der Waals surface area contributed by atoms with Crippen molar-refractivity contribution < 1.29 is 4.79 Å². The number of carbonyl (C=O) groups is 1. The predicted molar refractivity (Wildman–Crippen MR) is 62.6 cm³/mol. The summed E-state index contributed by atoms with van der Waals surface area (Å²) in [5.41, 5.74) is 1.52. The minimum atomic E-state index is 0.122. The zero-order valence-electron chi connectivity index (χ0n) is 8.59. The Morgan fingerprint density at radius 1 is 1.50 bits per heavy atom. The number of hydrogen-bond acceptors (Lipinski definition) is 2. The minimum absolute atomic E-state index is 0.122. The normalized spacial score (nSPS) is 16.2. The smallest absolute Gasteiger partial charge is 0.220 e. The van der Waals surface area contributed by atoms with E-state index in [1.165, 1.54) is 31.3 Å². The highest BCUT2D eigenvalue weighted by Gasteiger charge is 2.04. The summed E-state index contributed by atoms with van der Waals surface area (Å²) in [6.07, 6.45) is 8.98. The molecule has 1 N–H and O–H groups in total. The molecule has 3 heteroatoms. The van der Waals surface area contributed by atoms with E-state index in [9.17, 15) is 4.79 Å². The maximum absolute atomic E-state index is 11.1. The van der Waals surface area contributed by atoms with Gasteiger partial charge in [0, 0.05) is 13.0 Å². The van der Waals surface area contributed by atoms with Gasteiger partial charge in [-0.3, -0.25) is 4.79 Å². The Bertz CT molecular complexity index is 213. The summed E-state index contributed by atoms with van der Waals surface area (Å²) in [6, 6.07) is 0. The van der Waals surface area contributed by atoms with E-state index < -0.39 is 0 Å². The van der Waals surface area contributed by atoms with E-state index in [2.05, 4.69) is 24.0 Å². The first-order chi connectivity index (χ1) is 6.83. The van der Waals surface area contributed by atoms with Crippen LogP contribution in [0.3, 0.4) is 0 Å². The molecule has 0 bridgehead atoms. The number of nitrogens with one attached hydrogen (secondary N) is 1. The second kappa shape index (κ2) is 6.93.